The summed E-state index contributed by atoms with van der Waals surface area (Å²) in [5.74, 6) is -0.512. The number of halogens is 1. The first kappa shape index (κ1) is 17.1. The molecule has 0 unspecified atom stereocenters. The van der Waals surface area contributed by atoms with E-state index in [-0.39, 0.29) is 11.7 Å². The van der Waals surface area contributed by atoms with Gasteiger partial charge in [-0.25, -0.2) is 0 Å². The number of thioether (sulfide) groups is 1. The lowest BCUT2D eigenvalue weighted by Crippen LogP contribution is -2.42. The van der Waals surface area contributed by atoms with Gasteiger partial charge >= 0.3 is 0 Å². The van der Waals surface area contributed by atoms with E-state index in [1.165, 1.54) is 11.8 Å². The van der Waals surface area contributed by atoms with Crippen molar-refractivity contribution in [3.63, 3.8) is 0 Å². The van der Waals surface area contributed by atoms with Gasteiger partial charge in [-0.15, -0.1) is 0 Å². The smallest absolute Gasteiger partial charge is 0.269 e. The Bertz CT molecular complexity index is 560. The third-order valence-electron chi connectivity index (χ3n) is 3.11. The van der Waals surface area contributed by atoms with Crippen LogP contribution in [0.25, 0.3) is 0 Å². The van der Waals surface area contributed by atoms with Gasteiger partial charge in [0, 0.05) is 23.7 Å². The Morgan fingerprint density at radius 3 is 2.45 bits per heavy atom. The molecule has 2 amide bonds. The fourth-order valence-corrected chi connectivity index (χ4v) is 3.13. The zero-order valence-corrected chi connectivity index (χ0v) is 14.2. The number of carbonyl (C=O) groups is 2. The predicted molar refractivity (Wildman–Crippen MR) is 92.9 cm³/mol. The maximum atomic E-state index is 11.8. The molecule has 22 heavy (non-hydrogen) atoms. The summed E-state index contributed by atoms with van der Waals surface area (Å²) < 4.78 is 0.733. The molecule has 5 nitrogen and oxygen atoms in total. The number of rotatable bonds is 3. The maximum Gasteiger partial charge on any atom is 0.269 e. The minimum atomic E-state index is -0.392. The Kier molecular flexibility index (Phi) is 6.48. The Balaban J connectivity index is 1.69. The Labute approximate surface area is 143 Å². The second kappa shape index (κ2) is 8.36. The molecule has 1 aliphatic rings. The van der Waals surface area contributed by atoms with Crippen LogP contribution in [0.4, 0.5) is 0 Å². The summed E-state index contributed by atoms with van der Waals surface area (Å²) in [6.45, 7) is 1.92. The molecule has 0 spiro atoms. The molecule has 0 atom stereocenters. The van der Waals surface area contributed by atoms with Crippen molar-refractivity contribution in [3.8, 4) is 0 Å². The minimum absolute atomic E-state index is 0.177. The molecule has 0 saturated carbocycles. The zero-order chi connectivity index (χ0) is 15.9. The van der Waals surface area contributed by atoms with E-state index in [1.54, 1.807) is 24.3 Å². The van der Waals surface area contributed by atoms with Gasteiger partial charge in [-0.1, -0.05) is 35.6 Å². The van der Waals surface area contributed by atoms with Crippen molar-refractivity contribution in [2.45, 2.75) is 12.8 Å². The van der Waals surface area contributed by atoms with E-state index in [4.69, 9.17) is 23.8 Å². The number of thiocarbonyl (C=S) groups is 1. The third kappa shape index (κ3) is 5.15. The number of amides is 2. The minimum Gasteiger partial charge on any atom is -0.358 e. The van der Waals surface area contributed by atoms with Crippen molar-refractivity contribution in [1.82, 2.24) is 15.8 Å². The number of hydrazine groups is 1. The van der Waals surface area contributed by atoms with Crippen LogP contribution < -0.4 is 10.9 Å². The molecule has 0 aromatic heterocycles. The van der Waals surface area contributed by atoms with Gasteiger partial charge in [-0.2, -0.15) is 0 Å². The highest BCUT2D eigenvalue weighted by molar-refractivity contribution is 8.23. The third-order valence-corrected chi connectivity index (χ3v) is 4.89. The van der Waals surface area contributed by atoms with Crippen LogP contribution in [0, 0.1) is 0 Å². The lowest BCUT2D eigenvalue weighted by molar-refractivity contribution is -0.119. The van der Waals surface area contributed by atoms with Gasteiger partial charge in [0.15, 0.2) is 0 Å². The molecule has 0 aliphatic carbocycles. The first-order chi connectivity index (χ1) is 10.6. The van der Waals surface area contributed by atoms with Crippen molar-refractivity contribution in [2.24, 2.45) is 0 Å². The summed E-state index contributed by atoms with van der Waals surface area (Å²) in [4.78, 5) is 25.6. The molecule has 0 radical (unpaired) electrons. The van der Waals surface area contributed by atoms with Crippen LogP contribution >= 0.6 is 35.6 Å². The van der Waals surface area contributed by atoms with Crippen molar-refractivity contribution in [2.75, 3.05) is 18.8 Å². The summed E-state index contributed by atoms with van der Waals surface area (Å²) in [6.07, 6.45) is 2.29. The normalized spacial score (nSPS) is 13.8. The fraction of sp³-hybridized carbons (Fsp3) is 0.357. The van der Waals surface area contributed by atoms with Gasteiger partial charge in [0.1, 0.15) is 4.32 Å². The molecule has 8 heteroatoms. The van der Waals surface area contributed by atoms with Crippen molar-refractivity contribution in [1.29, 1.82) is 0 Å². The molecule has 1 saturated heterocycles. The summed E-state index contributed by atoms with van der Waals surface area (Å²) in [5, 5.41) is 0.549. The van der Waals surface area contributed by atoms with Crippen LogP contribution in [-0.2, 0) is 4.79 Å². The summed E-state index contributed by atoms with van der Waals surface area (Å²) in [7, 11) is 0. The quantitative estimate of drug-likeness (QED) is 0.641. The van der Waals surface area contributed by atoms with Gasteiger partial charge < -0.3 is 4.90 Å². The van der Waals surface area contributed by atoms with E-state index < -0.39 is 5.91 Å². The molecule has 2 N–H and O–H groups in total. The molecule has 0 bridgehead atoms. The monoisotopic (exact) mass is 357 g/mol. The molecular weight excluding hydrogens is 342 g/mol. The Morgan fingerprint density at radius 2 is 1.82 bits per heavy atom. The van der Waals surface area contributed by atoms with Crippen molar-refractivity contribution >= 4 is 51.7 Å². The number of benzene rings is 1. The van der Waals surface area contributed by atoms with Crippen LogP contribution in [0.15, 0.2) is 24.3 Å². The SMILES string of the molecule is O=C(CSC(=S)N1CCCC1)NNC(=O)c1ccc(Cl)cc1. The molecule has 2 rings (SSSR count). The highest BCUT2D eigenvalue weighted by Gasteiger charge is 2.16. The van der Waals surface area contributed by atoms with Gasteiger partial charge in [0.05, 0.1) is 5.75 Å². The number of hydrogen-bond acceptors (Lipinski definition) is 4. The molecule has 1 heterocycles. The highest BCUT2D eigenvalue weighted by Crippen LogP contribution is 2.15. The maximum absolute atomic E-state index is 11.8. The first-order valence-electron chi connectivity index (χ1n) is 6.83. The van der Waals surface area contributed by atoms with E-state index in [0.717, 1.165) is 30.3 Å². The summed E-state index contributed by atoms with van der Waals surface area (Å²) >= 11 is 12.3. The van der Waals surface area contributed by atoms with E-state index >= 15 is 0 Å². The molecule has 1 aromatic carbocycles. The topological polar surface area (TPSA) is 61.4 Å². The van der Waals surface area contributed by atoms with Crippen molar-refractivity contribution in [3.05, 3.63) is 34.9 Å². The number of carbonyl (C=O) groups excluding carboxylic acids is 2. The van der Waals surface area contributed by atoms with E-state index in [2.05, 4.69) is 15.8 Å². The first-order valence-corrected chi connectivity index (χ1v) is 8.60. The van der Waals surface area contributed by atoms with Gasteiger partial charge in [0.2, 0.25) is 5.91 Å². The van der Waals surface area contributed by atoms with E-state index in [1.807, 2.05) is 0 Å². The van der Waals surface area contributed by atoms with Crippen LogP contribution in [0.5, 0.6) is 0 Å². The fourth-order valence-electron chi connectivity index (χ4n) is 1.95. The number of nitrogens with zero attached hydrogens (tertiary/aromatic N) is 1. The van der Waals surface area contributed by atoms with Gasteiger partial charge in [-0.3, -0.25) is 20.4 Å². The number of hydrogen-bond donors (Lipinski definition) is 2. The van der Waals surface area contributed by atoms with Crippen LogP contribution in [0.1, 0.15) is 23.2 Å². The molecule has 1 fully saturated rings. The lowest BCUT2D eigenvalue weighted by atomic mass is 10.2. The van der Waals surface area contributed by atoms with Crippen LogP contribution in [0.3, 0.4) is 0 Å². The van der Waals surface area contributed by atoms with E-state index in [0.29, 0.717) is 10.6 Å². The molecule has 1 aromatic rings. The average molecular weight is 358 g/mol. The highest BCUT2D eigenvalue weighted by atomic mass is 35.5. The van der Waals surface area contributed by atoms with Gasteiger partial charge in [-0.05, 0) is 37.1 Å². The second-order valence-electron chi connectivity index (χ2n) is 4.76. The van der Waals surface area contributed by atoms with Crippen LogP contribution in [-0.4, -0.2) is 39.9 Å². The molecular formula is C14H16ClN3O2S2. The number of nitrogens with one attached hydrogen (secondary N) is 2. The Morgan fingerprint density at radius 1 is 1.18 bits per heavy atom. The number of likely N-dealkylation sites (tertiary alicyclic amines) is 1. The summed E-state index contributed by atoms with van der Waals surface area (Å²) in [5.41, 5.74) is 5.15. The van der Waals surface area contributed by atoms with Crippen molar-refractivity contribution < 1.29 is 9.59 Å². The van der Waals surface area contributed by atoms with Gasteiger partial charge in [0.25, 0.3) is 5.91 Å². The second-order valence-corrected chi connectivity index (χ2v) is 6.80. The predicted octanol–water partition coefficient (Wildman–Crippen LogP) is 2.21. The zero-order valence-electron chi connectivity index (χ0n) is 11.8. The largest absolute Gasteiger partial charge is 0.358 e. The van der Waals surface area contributed by atoms with E-state index in [9.17, 15) is 9.59 Å². The summed E-state index contributed by atoms with van der Waals surface area (Å²) in [6, 6.07) is 6.40. The Hall–Kier alpha value is -1.31. The average Bonchev–Trinajstić information content (AvgIpc) is 3.05. The molecule has 118 valence electrons. The standard InChI is InChI=1S/C14H16ClN3O2S2/c15-11-5-3-10(4-6-11)13(20)17-16-12(19)9-22-14(21)18-7-1-2-8-18/h3-6H,1-2,7-9H2,(H,16,19)(H,17,20). The van der Waals surface area contributed by atoms with Crippen LogP contribution in [0.2, 0.25) is 5.02 Å². The lowest BCUT2D eigenvalue weighted by Gasteiger charge is -2.17. The molecule has 1 aliphatic heterocycles.